The zero-order valence-electron chi connectivity index (χ0n) is 14.1. The van der Waals surface area contributed by atoms with Crippen LogP contribution in [0.4, 0.5) is 0 Å². The first-order valence-corrected chi connectivity index (χ1v) is 8.49. The fraction of sp³-hybridized carbons (Fsp3) is 0.562. The molecule has 126 valence electrons. The van der Waals surface area contributed by atoms with E-state index in [2.05, 4.69) is 10.3 Å². The smallest absolute Gasteiger partial charge is 0.271 e. The summed E-state index contributed by atoms with van der Waals surface area (Å²) in [5, 5.41) is 13.0. The first-order chi connectivity index (χ1) is 10.7. The molecule has 0 saturated carbocycles. The molecule has 6 nitrogen and oxygen atoms in total. The third-order valence-corrected chi connectivity index (χ3v) is 5.62. The standard InChI is InChI=1S/C16H23N3O3S/c1-6-9(2)16(5,22)8-18-13(20)12-7-17-15-19(14(12)21)10(3)11(4)23-15/h7,9,22H,6,8H2,1-5H3,(H,18,20)/t9-,16-/m1/s1. The molecule has 0 aliphatic rings. The number of carbonyl (C=O) groups excluding carboxylic acids is 1. The number of nitrogens with one attached hydrogen (secondary N) is 1. The van der Waals surface area contributed by atoms with E-state index in [-0.39, 0.29) is 23.6 Å². The van der Waals surface area contributed by atoms with Crippen molar-refractivity contribution in [2.24, 2.45) is 5.92 Å². The lowest BCUT2D eigenvalue weighted by atomic mass is 9.88. The number of fused-ring (bicyclic) bond motifs is 1. The molecule has 2 N–H and O–H groups in total. The van der Waals surface area contributed by atoms with E-state index in [0.717, 1.165) is 17.0 Å². The number of hydrogen-bond donors (Lipinski definition) is 2. The van der Waals surface area contributed by atoms with Crippen LogP contribution in [0.1, 0.15) is 48.1 Å². The number of carbonyl (C=O) groups is 1. The van der Waals surface area contributed by atoms with Crippen molar-refractivity contribution in [2.45, 2.75) is 46.6 Å². The zero-order chi connectivity index (χ0) is 17.4. The maximum atomic E-state index is 12.5. The molecule has 7 heteroatoms. The van der Waals surface area contributed by atoms with E-state index >= 15 is 0 Å². The average molecular weight is 337 g/mol. The van der Waals surface area contributed by atoms with Gasteiger partial charge >= 0.3 is 0 Å². The van der Waals surface area contributed by atoms with Crippen molar-refractivity contribution < 1.29 is 9.90 Å². The molecule has 0 aliphatic heterocycles. The van der Waals surface area contributed by atoms with Crippen molar-refractivity contribution >= 4 is 22.2 Å². The number of nitrogens with zero attached hydrogens (tertiary/aromatic N) is 2. The van der Waals surface area contributed by atoms with Gasteiger partial charge in [-0.15, -0.1) is 11.3 Å². The monoisotopic (exact) mass is 337 g/mol. The summed E-state index contributed by atoms with van der Waals surface area (Å²) in [6, 6.07) is 0. The fourth-order valence-corrected chi connectivity index (χ4v) is 3.23. The Labute approximate surface area is 139 Å². The first kappa shape index (κ1) is 17.6. The highest BCUT2D eigenvalue weighted by Crippen LogP contribution is 2.20. The summed E-state index contributed by atoms with van der Waals surface area (Å²) in [6.07, 6.45) is 2.10. The normalized spacial score (nSPS) is 15.4. The van der Waals surface area contributed by atoms with E-state index in [0.29, 0.717) is 4.96 Å². The van der Waals surface area contributed by atoms with Crippen molar-refractivity contribution in [3.8, 4) is 0 Å². The van der Waals surface area contributed by atoms with Gasteiger partial charge < -0.3 is 10.4 Å². The minimum Gasteiger partial charge on any atom is -0.388 e. The number of thiazole rings is 1. The van der Waals surface area contributed by atoms with Crippen LogP contribution in [0.2, 0.25) is 0 Å². The zero-order valence-corrected chi connectivity index (χ0v) is 15.0. The molecule has 0 spiro atoms. The Morgan fingerprint density at radius 3 is 2.78 bits per heavy atom. The van der Waals surface area contributed by atoms with Crippen molar-refractivity contribution in [2.75, 3.05) is 6.54 Å². The van der Waals surface area contributed by atoms with Crippen LogP contribution in [-0.4, -0.2) is 32.5 Å². The molecular formula is C16H23N3O3S. The molecule has 2 atom stereocenters. The Hall–Kier alpha value is -1.73. The summed E-state index contributed by atoms with van der Waals surface area (Å²) < 4.78 is 1.46. The highest BCUT2D eigenvalue weighted by molar-refractivity contribution is 7.17. The van der Waals surface area contributed by atoms with Gasteiger partial charge in [-0.3, -0.25) is 14.0 Å². The molecule has 1 amide bonds. The lowest BCUT2D eigenvalue weighted by molar-refractivity contribution is 0.00590. The molecule has 0 saturated heterocycles. The van der Waals surface area contributed by atoms with E-state index < -0.39 is 11.5 Å². The maximum absolute atomic E-state index is 12.5. The van der Waals surface area contributed by atoms with Gasteiger partial charge in [-0.05, 0) is 26.7 Å². The number of hydrogen-bond acceptors (Lipinski definition) is 5. The van der Waals surface area contributed by atoms with Gasteiger partial charge in [0.1, 0.15) is 5.56 Å². The van der Waals surface area contributed by atoms with Gasteiger partial charge in [0.05, 0.1) is 5.60 Å². The van der Waals surface area contributed by atoms with Gasteiger partial charge in [0.25, 0.3) is 11.5 Å². The summed E-state index contributed by atoms with van der Waals surface area (Å²) in [4.78, 5) is 30.6. The van der Waals surface area contributed by atoms with Gasteiger partial charge in [-0.1, -0.05) is 20.3 Å². The summed E-state index contributed by atoms with van der Waals surface area (Å²) in [5.41, 5.74) is -0.614. The lowest BCUT2D eigenvalue weighted by Gasteiger charge is -2.29. The van der Waals surface area contributed by atoms with Crippen LogP contribution in [0.15, 0.2) is 11.0 Å². The predicted octanol–water partition coefficient (Wildman–Crippen LogP) is 1.90. The number of aromatic nitrogens is 2. The van der Waals surface area contributed by atoms with Gasteiger partial charge in [0, 0.05) is 23.3 Å². The average Bonchev–Trinajstić information content (AvgIpc) is 2.80. The maximum Gasteiger partial charge on any atom is 0.271 e. The van der Waals surface area contributed by atoms with Gasteiger partial charge in [0.2, 0.25) is 0 Å². The van der Waals surface area contributed by atoms with Crippen LogP contribution in [-0.2, 0) is 0 Å². The van der Waals surface area contributed by atoms with E-state index in [9.17, 15) is 14.7 Å². The third-order valence-electron chi connectivity index (χ3n) is 4.54. The van der Waals surface area contributed by atoms with Gasteiger partial charge in [0.15, 0.2) is 4.96 Å². The van der Waals surface area contributed by atoms with Crippen LogP contribution < -0.4 is 10.9 Å². The number of amides is 1. The Bertz CT molecular complexity index is 792. The Kier molecular flexibility index (Phi) is 4.91. The molecule has 0 radical (unpaired) electrons. The van der Waals surface area contributed by atoms with Gasteiger partial charge in [-0.2, -0.15) is 0 Å². The second kappa shape index (κ2) is 6.41. The molecule has 0 bridgehead atoms. The number of aliphatic hydroxyl groups is 1. The fourth-order valence-electron chi connectivity index (χ4n) is 2.30. The second-order valence-corrected chi connectivity index (χ2v) is 7.37. The van der Waals surface area contributed by atoms with E-state index in [1.165, 1.54) is 21.9 Å². The molecule has 0 fully saturated rings. The molecule has 2 heterocycles. The van der Waals surface area contributed by atoms with Crippen LogP contribution in [0.5, 0.6) is 0 Å². The lowest BCUT2D eigenvalue weighted by Crippen LogP contribution is -2.46. The SMILES string of the molecule is CC[C@@H](C)[C@](C)(O)CNC(=O)c1cnc2sc(C)c(C)n2c1=O. The van der Waals surface area contributed by atoms with Crippen molar-refractivity contribution in [1.82, 2.24) is 14.7 Å². The van der Waals surface area contributed by atoms with Crippen LogP contribution in [0.25, 0.3) is 4.96 Å². The summed E-state index contributed by atoms with van der Waals surface area (Å²) in [6.45, 7) is 9.42. The molecule has 2 rings (SSSR count). The van der Waals surface area contributed by atoms with E-state index in [1.54, 1.807) is 6.92 Å². The molecule has 0 aromatic carbocycles. The highest BCUT2D eigenvalue weighted by atomic mass is 32.1. The van der Waals surface area contributed by atoms with E-state index in [4.69, 9.17) is 0 Å². The van der Waals surface area contributed by atoms with E-state index in [1.807, 2.05) is 27.7 Å². The van der Waals surface area contributed by atoms with Gasteiger partial charge in [-0.25, -0.2) is 4.98 Å². The molecular weight excluding hydrogens is 314 g/mol. The van der Waals surface area contributed by atoms with Crippen molar-refractivity contribution in [3.05, 3.63) is 32.7 Å². The largest absolute Gasteiger partial charge is 0.388 e. The Balaban J connectivity index is 2.27. The van der Waals surface area contributed by atoms with Crippen molar-refractivity contribution in [1.29, 1.82) is 0 Å². The number of aryl methyl sites for hydroxylation is 2. The van der Waals surface area contributed by atoms with Crippen LogP contribution in [0, 0.1) is 19.8 Å². The minimum atomic E-state index is -1.02. The molecule has 0 unspecified atom stereocenters. The second-order valence-electron chi connectivity index (χ2n) is 6.19. The summed E-state index contributed by atoms with van der Waals surface area (Å²) >= 11 is 1.42. The topological polar surface area (TPSA) is 83.7 Å². The summed E-state index contributed by atoms with van der Waals surface area (Å²) in [5.74, 6) is -0.477. The van der Waals surface area contributed by atoms with Crippen molar-refractivity contribution in [3.63, 3.8) is 0 Å². The van der Waals surface area contributed by atoms with Crippen LogP contribution in [0.3, 0.4) is 0 Å². The number of rotatable bonds is 5. The third kappa shape index (κ3) is 3.30. The molecule has 0 aliphatic carbocycles. The van der Waals surface area contributed by atoms with Crippen LogP contribution >= 0.6 is 11.3 Å². The Morgan fingerprint density at radius 2 is 2.17 bits per heavy atom. The molecule has 2 aromatic heterocycles. The predicted molar refractivity (Wildman–Crippen MR) is 91.2 cm³/mol. The molecule has 23 heavy (non-hydrogen) atoms. The summed E-state index contributed by atoms with van der Waals surface area (Å²) in [7, 11) is 0. The minimum absolute atomic E-state index is 0.0108. The quantitative estimate of drug-likeness (QED) is 0.873. The first-order valence-electron chi connectivity index (χ1n) is 7.67. The molecule has 2 aromatic rings. The highest BCUT2D eigenvalue weighted by Gasteiger charge is 2.28. The Morgan fingerprint density at radius 1 is 1.52 bits per heavy atom.